The molecule has 0 aliphatic carbocycles. The summed E-state index contributed by atoms with van der Waals surface area (Å²) in [5, 5.41) is 20.2. The van der Waals surface area contributed by atoms with Gasteiger partial charge in [-0.2, -0.15) is 0 Å². The largest absolute Gasteiger partial charge is 0.508 e. The number of phenols is 2. The van der Waals surface area contributed by atoms with E-state index in [0.29, 0.717) is 34.6 Å². The first kappa shape index (κ1) is 19.6. The van der Waals surface area contributed by atoms with Gasteiger partial charge < -0.3 is 24.4 Å². The number of allylic oxidation sites excluding steroid dienone is 2. The number of hydrogen-bond donors (Lipinski definition) is 2. The maximum Gasteiger partial charge on any atom is 0.177 e. The molecule has 148 valence electrons. The average molecular weight is 384 g/mol. The van der Waals surface area contributed by atoms with E-state index in [-0.39, 0.29) is 29.6 Å². The van der Waals surface area contributed by atoms with Crippen molar-refractivity contribution in [2.75, 3.05) is 20.8 Å². The van der Waals surface area contributed by atoms with E-state index in [1.54, 1.807) is 12.1 Å². The lowest BCUT2D eigenvalue weighted by molar-refractivity contribution is 0.0893. The third kappa shape index (κ3) is 3.63. The number of aromatic hydroxyl groups is 2. The molecule has 3 rings (SSSR count). The summed E-state index contributed by atoms with van der Waals surface area (Å²) in [5.41, 5.74) is 2.78. The molecule has 0 saturated carbocycles. The highest BCUT2D eigenvalue weighted by atomic mass is 16.5. The Kier molecular flexibility index (Phi) is 5.49. The average Bonchev–Trinajstić information content (AvgIpc) is 2.67. The molecule has 0 saturated heterocycles. The van der Waals surface area contributed by atoms with Crippen LogP contribution in [-0.2, 0) is 6.42 Å². The maximum absolute atomic E-state index is 13.2. The summed E-state index contributed by atoms with van der Waals surface area (Å²) < 4.78 is 16.3. The second kappa shape index (κ2) is 7.84. The van der Waals surface area contributed by atoms with Gasteiger partial charge >= 0.3 is 0 Å². The van der Waals surface area contributed by atoms with Gasteiger partial charge in [0, 0.05) is 17.7 Å². The van der Waals surface area contributed by atoms with Crippen LogP contribution < -0.4 is 14.2 Å². The first-order valence-corrected chi connectivity index (χ1v) is 8.96. The normalized spacial score (nSPS) is 15.4. The van der Waals surface area contributed by atoms with Gasteiger partial charge in [0.2, 0.25) is 0 Å². The van der Waals surface area contributed by atoms with Crippen LogP contribution in [-0.4, -0.2) is 36.8 Å². The van der Waals surface area contributed by atoms with Gasteiger partial charge in [0.15, 0.2) is 17.3 Å². The number of Topliss-reactive ketones (excluding diaryl/α,β-unsaturated/α-hetero) is 1. The van der Waals surface area contributed by atoms with E-state index in [0.717, 1.165) is 5.57 Å². The fourth-order valence-corrected chi connectivity index (χ4v) is 3.25. The topological polar surface area (TPSA) is 85.2 Å². The van der Waals surface area contributed by atoms with Crippen molar-refractivity contribution >= 4 is 5.78 Å². The Balaban J connectivity index is 2.03. The number of fused-ring (bicyclic) bond motifs is 1. The van der Waals surface area contributed by atoms with E-state index in [9.17, 15) is 15.0 Å². The second-order valence-electron chi connectivity index (χ2n) is 6.96. The summed E-state index contributed by atoms with van der Waals surface area (Å²) in [5.74, 6) is 0.289. The third-order valence-electron chi connectivity index (χ3n) is 4.81. The molecule has 6 heteroatoms. The summed E-state index contributed by atoms with van der Waals surface area (Å²) in [6.07, 6.45) is 2.51. The highest BCUT2D eigenvalue weighted by Gasteiger charge is 2.33. The molecule has 1 aliphatic rings. The Hall–Kier alpha value is -3.15. The van der Waals surface area contributed by atoms with E-state index < -0.39 is 5.92 Å². The summed E-state index contributed by atoms with van der Waals surface area (Å²) in [7, 11) is 2.92. The number of benzene rings is 2. The van der Waals surface area contributed by atoms with E-state index >= 15 is 0 Å². The van der Waals surface area contributed by atoms with E-state index in [4.69, 9.17) is 14.2 Å². The van der Waals surface area contributed by atoms with Gasteiger partial charge in [-0.15, -0.1) is 0 Å². The van der Waals surface area contributed by atoms with Gasteiger partial charge in [-0.25, -0.2) is 0 Å². The van der Waals surface area contributed by atoms with Gasteiger partial charge in [0.25, 0.3) is 0 Å². The Morgan fingerprint density at radius 3 is 2.46 bits per heavy atom. The van der Waals surface area contributed by atoms with Gasteiger partial charge in [-0.05, 0) is 38.0 Å². The van der Waals surface area contributed by atoms with Crippen molar-refractivity contribution in [2.45, 2.75) is 26.2 Å². The van der Waals surface area contributed by atoms with E-state index in [2.05, 4.69) is 0 Å². The molecule has 2 N–H and O–H groups in total. The van der Waals surface area contributed by atoms with Gasteiger partial charge in [-0.3, -0.25) is 4.79 Å². The molecule has 0 amide bonds. The van der Waals surface area contributed by atoms with Crippen LogP contribution in [0.2, 0.25) is 0 Å². The molecule has 6 nitrogen and oxygen atoms in total. The predicted molar refractivity (Wildman–Crippen MR) is 105 cm³/mol. The zero-order chi connectivity index (χ0) is 20.4. The summed E-state index contributed by atoms with van der Waals surface area (Å²) in [4.78, 5) is 13.2. The number of rotatable bonds is 5. The van der Waals surface area contributed by atoms with Crippen LogP contribution in [0.3, 0.4) is 0 Å². The smallest absolute Gasteiger partial charge is 0.177 e. The molecule has 28 heavy (non-hydrogen) atoms. The second-order valence-corrected chi connectivity index (χ2v) is 6.96. The summed E-state index contributed by atoms with van der Waals surface area (Å²) in [6, 6.07) is 6.19. The minimum Gasteiger partial charge on any atom is -0.508 e. The van der Waals surface area contributed by atoms with Crippen LogP contribution in [0.25, 0.3) is 0 Å². The van der Waals surface area contributed by atoms with Crippen molar-refractivity contribution in [1.29, 1.82) is 0 Å². The molecule has 1 heterocycles. The number of carbonyl (C=O) groups is 1. The van der Waals surface area contributed by atoms with Crippen LogP contribution in [0.5, 0.6) is 28.7 Å². The highest BCUT2D eigenvalue weighted by Crippen LogP contribution is 2.42. The molecule has 2 aromatic rings. The van der Waals surface area contributed by atoms with Crippen molar-refractivity contribution in [3.63, 3.8) is 0 Å². The van der Waals surface area contributed by atoms with Crippen molar-refractivity contribution in [3.8, 4) is 28.7 Å². The van der Waals surface area contributed by atoms with Gasteiger partial charge in [0.1, 0.15) is 23.9 Å². The van der Waals surface area contributed by atoms with Crippen LogP contribution in [0.4, 0.5) is 0 Å². The molecule has 0 fully saturated rings. The maximum atomic E-state index is 13.2. The number of methoxy groups -OCH3 is 2. The molecule has 0 unspecified atom stereocenters. The molecule has 1 aliphatic heterocycles. The Labute approximate surface area is 164 Å². The van der Waals surface area contributed by atoms with Crippen LogP contribution in [0.15, 0.2) is 35.9 Å². The van der Waals surface area contributed by atoms with Crippen LogP contribution in [0.1, 0.15) is 41.3 Å². The quantitative estimate of drug-likeness (QED) is 0.759. The predicted octanol–water partition coefficient (Wildman–Crippen LogP) is 3.98. The fourth-order valence-electron chi connectivity index (χ4n) is 3.25. The zero-order valence-electron chi connectivity index (χ0n) is 16.4. The van der Waals surface area contributed by atoms with Gasteiger partial charge in [-0.1, -0.05) is 11.6 Å². The van der Waals surface area contributed by atoms with Crippen molar-refractivity contribution in [2.24, 2.45) is 0 Å². The lowest BCUT2D eigenvalue weighted by Crippen LogP contribution is -2.26. The minimum absolute atomic E-state index is 0.0680. The van der Waals surface area contributed by atoms with Crippen LogP contribution in [0, 0.1) is 0 Å². The molecular weight excluding hydrogens is 360 g/mol. The standard InChI is InChI=1S/C22H24O6/c1-12(2)5-6-13-7-15-20(9-17(13)23)28-11-16(22(15)25)14-8-21(27-4)18(24)10-19(14)26-3/h5,7-10,16,23-24H,6,11H2,1-4H3/t16-/m0/s1. The Morgan fingerprint density at radius 2 is 1.82 bits per heavy atom. The van der Waals surface area contributed by atoms with Crippen molar-refractivity contribution < 1.29 is 29.2 Å². The van der Waals surface area contributed by atoms with E-state index in [1.165, 1.54) is 26.4 Å². The summed E-state index contributed by atoms with van der Waals surface area (Å²) in [6.45, 7) is 4.05. The molecule has 0 spiro atoms. The first-order valence-electron chi connectivity index (χ1n) is 8.96. The van der Waals surface area contributed by atoms with Crippen LogP contribution >= 0.6 is 0 Å². The number of hydrogen-bond acceptors (Lipinski definition) is 6. The molecule has 0 aromatic heterocycles. The van der Waals surface area contributed by atoms with E-state index in [1.807, 2.05) is 19.9 Å². The lowest BCUT2D eigenvalue weighted by atomic mass is 9.87. The monoisotopic (exact) mass is 384 g/mol. The number of phenolic OH excluding ortho intramolecular Hbond substituents is 2. The SMILES string of the molecule is COc1cc([C@@H]2COc3cc(O)c(CC=C(C)C)cc3C2=O)c(OC)cc1O. The number of ether oxygens (including phenoxy) is 3. The number of carbonyl (C=O) groups excluding carboxylic acids is 1. The molecule has 0 radical (unpaired) electrons. The third-order valence-corrected chi connectivity index (χ3v) is 4.81. The first-order chi connectivity index (χ1) is 13.3. The molecule has 0 bridgehead atoms. The Bertz CT molecular complexity index is 941. The molecule has 2 aromatic carbocycles. The lowest BCUT2D eigenvalue weighted by Gasteiger charge is -2.26. The zero-order valence-corrected chi connectivity index (χ0v) is 16.4. The molecular formula is C22H24O6. The number of ketones is 1. The van der Waals surface area contributed by atoms with Gasteiger partial charge in [0.05, 0.1) is 25.7 Å². The highest BCUT2D eigenvalue weighted by molar-refractivity contribution is 6.05. The summed E-state index contributed by atoms with van der Waals surface area (Å²) >= 11 is 0. The van der Waals surface area contributed by atoms with Crippen molar-refractivity contribution in [1.82, 2.24) is 0 Å². The molecule has 1 atom stereocenters. The minimum atomic E-state index is -0.613. The Morgan fingerprint density at radius 1 is 1.11 bits per heavy atom. The van der Waals surface area contributed by atoms with Crippen molar-refractivity contribution in [3.05, 3.63) is 52.6 Å². The fraction of sp³-hybridized carbons (Fsp3) is 0.318.